The molecule has 0 saturated heterocycles. The van der Waals surface area contributed by atoms with Crippen molar-refractivity contribution in [2.75, 3.05) is 12.8 Å². The van der Waals surface area contributed by atoms with E-state index in [0.717, 1.165) is 50.2 Å². The normalized spacial score (nSPS) is 17.0. The van der Waals surface area contributed by atoms with Crippen molar-refractivity contribution in [3.8, 4) is 17.0 Å². The Labute approximate surface area is 209 Å². The number of nitrogens with two attached hydrogens (primary N) is 1. The molecule has 4 heterocycles. The number of aromatic nitrogens is 2. The van der Waals surface area contributed by atoms with Crippen LogP contribution in [0.5, 0.6) is 5.88 Å². The van der Waals surface area contributed by atoms with Crippen LogP contribution in [0.2, 0.25) is 0 Å². The van der Waals surface area contributed by atoms with E-state index in [1.807, 2.05) is 50.2 Å². The number of rotatable bonds is 5. The zero-order valence-corrected chi connectivity index (χ0v) is 20.3. The van der Waals surface area contributed by atoms with Crippen molar-refractivity contribution in [2.24, 2.45) is 0 Å². The minimum absolute atomic E-state index is 0.117. The minimum atomic E-state index is -0.207. The summed E-state index contributed by atoms with van der Waals surface area (Å²) < 4.78 is 11.8. The number of carbonyl (C=O) groups is 1. The van der Waals surface area contributed by atoms with Crippen LogP contribution in [0.3, 0.4) is 0 Å². The Balaban J connectivity index is 1.27. The molecule has 6 rings (SSSR count). The standard InChI is InChI=1S/C29H26N4O3/c1-15-11-25(30)33-16(2)24(15)14-32-28(34)18-7-9-21-23(13-18)27-22-12-17(6-8-20(22)26(21)36-27)19-5-4-10-31-29(19)35-3/h4-13,26-27H,14H2,1-3H3,(H2,30,33)(H,32,34). The van der Waals surface area contributed by atoms with Gasteiger partial charge in [0.15, 0.2) is 0 Å². The zero-order chi connectivity index (χ0) is 25.0. The summed E-state index contributed by atoms with van der Waals surface area (Å²) in [6.07, 6.45) is 1.39. The SMILES string of the molecule is COc1ncccc1-c1ccc2c(c1)C1OC2c2ccc(C(=O)NCc3c(C)cc(N)nc3C)cc21. The number of nitrogen functional groups attached to an aromatic ring is 1. The molecule has 180 valence electrons. The van der Waals surface area contributed by atoms with E-state index >= 15 is 0 Å². The Morgan fingerprint density at radius 3 is 2.56 bits per heavy atom. The number of nitrogens with one attached hydrogen (secondary N) is 1. The van der Waals surface area contributed by atoms with E-state index in [1.54, 1.807) is 13.3 Å². The lowest BCUT2D eigenvalue weighted by Crippen LogP contribution is -2.24. The first-order chi connectivity index (χ1) is 17.4. The van der Waals surface area contributed by atoms with Gasteiger partial charge in [0, 0.05) is 29.6 Å². The number of hydrogen-bond acceptors (Lipinski definition) is 6. The fourth-order valence-corrected chi connectivity index (χ4v) is 5.35. The maximum atomic E-state index is 13.1. The van der Waals surface area contributed by atoms with E-state index in [1.165, 1.54) is 0 Å². The quantitative estimate of drug-likeness (QED) is 0.427. The number of nitrogens with zero attached hydrogens (tertiary/aromatic N) is 2. The third kappa shape index (κ3) is 3.51. The van der Waals surface area contributed by atoms with E-state index in [2.05, 4.69) is 33.5 Å². The number of anilines is 1. The number of pyridine rings is 2. The lowest BCUT2D eigenvalue weighted by molar-refractivity contribution is 0.0857. The number of amides is 1. The van der Waals surface area contributed by atoms with Crippen molar-refractivity contribution in [2.45, 2.75) is 32.6 Å². The van der Waals surface area contributed by atoms with Crippen molar-refractivity contribution < 1.29 is 14.3 Å². The first-order valence-corrected chi connectivity index (χ1v) is 11.9. The third-order valence-corrected chi connectivity index (χ3v) is 7.11. The second-order valence-electron chi connectivity index (χ2n) is 9.25. The Hall–Kier alpha value is -4.23. The molecule has 3 N–H and O–H groups in total. The number of benzene rings is 2. The maximum Gasteiger partial charge on any atom is 0.251 e. The molecule has 2 aromatic heterocycles. The molecule has 2 bridgehead atoms. The highest BCUT2D eigenvalue weighted by Crippen LogP contribution is 2.55. The number of ether oxygens (including phenoxy) is 2. The molecular formula is C29H26N4O3. The van der Waals surface area contributed by atoms with Crippen LogP contribution in [0.25, 0.3) is 11.1 Å². The van der Waals surface area contributed by atoms with Crippen molar-refractivity contribution in [3.63, 3.8) is 0 Å². The van der Waals surface area contributed by atoms with Gasteiger partial charge in [-0.05, 0) is 89.2 Å². The van der Waals surface area contributed by atoms with Crippen molar-refractivity contribution in [1.29, 1.82) is 0 Å². The van der Waals surface area contributed by atoms with Gasteiger partial charge >= 0.3 is 0 Å². The highest BCUT2D eigenvalue weighted by atomic mass is 16.5. The van der Waals surface area contributed by atoms with Crippen LogP contribution in [0.1, 0.15) is 61.6 Å². The molecule has 7 heteroatoms. The summed E-state index contributed by atoms with van der Waals surface area (Å²) in [5, 5.41) is 3.03. The van der Waals surface area contributed by atoms with Gasteiger partial charge < -0.3 is 20.5 Å². The van der Waals surface area contributed by atoms with Crippen molar-refractivity contribution in [1.82, 2.24) is 15.3 Å². The van der Waals surface area contributed by atoms with Crippen molar-refractivity contribution in [3.05, 3.63) is 105 Å². The molecule has 2 unspecified atom stereocenters. The average molecular weight is 479 g/mol. The fourth-order valence-electron chi connectivity index (χ4n) is 5.35. The molecular weight excluding hydrogens is 452 g/mol. The second kappa shape index (κ2) is 8.46. The average Bonchev–Trinajstić information content (AvgIpc) is 3.44. The van der Waals surface area contributed by atoms with Gasteiger partial charge in [0.05, 0.1) is 7.11 Å². The molecule has 0 aliphatic carbocycles. The topological polar surface area (TPSA) is 99.4 Å². The van der Waals surface area contributed by atoms with Gasteiger partial charge in [0.1, 0.15) is 18.0 Å². The van der Waals surface area contributed by atoms with Crippen molar-refractivity contribution >= 4 is 11.7 Å². The predicted molar refractivity (Wildman–Crippen MR) is 137 cm³/mol. The molecule has 2 aliphatic rings. The summed E-state index contributed by atoms with van der Waals surface area (Å²) in [7, 11) is 1.62. The van der Waals surface area contributed by atoms with Gasteiger partial charge in [-0.15, -0.1) is 0 Å². The van der Waals surface area contributed by atoms with E-state index in [-0.39, 0.29) is 18.1 Å². The van der Waals surface area contributed by atoms with E-state index in [9.17, 15) is 4.79 Å². The van der Waals surface area contributed by atoms with Gasteiger partial charge in [-0.1, -0.05) is 18.2 Å². The number of aryl methyl sites for hydroxylation is 2. The smallest absolute Gasteiger partial charge is 0.251 e. The molecule has 7 nitrogen and oxygen atoms in total. The summed E-state index contributed by atoms with van der Waals surface area (Å²) in [5.41, 5.74) is 15.6. The van der Waals surface area contributed by atoms with E-state index in [0.29, 0.717) is 23.8 Å². The Bertz CT molecular complexity index is 1510. The number of carbonyl (C=O) groups excluding carboxylic acids is 1. The zero-order valence-electron chi connectivity index (χ0n) is 20.3. The lowest BCUT2D eigenvalue weighted by atomic mass is 9.84. The molecule has 0 spiro atoms. The van der Waals surface area contributed by atoms with Crippen LogP contribution in [-0.4, -0.2) is 23.0 Å². The molecule has 2 aliphatic heterocycles. The van der Waals surface area contributed by atoms with Crippen LogP contribution in [0.15, 0.2) is 60.8 Å². The second-order valence-corrected chi connectivity index (χ2v) is 9.25. The first-order valence-electron chi connectivity index (χ1n) is 11.9. The molecule has 4 aromatic rings. The Morgan fingerprint density at radius 1 is 1.03 bits per heavy atom. The molecule has 2 atom stereocenters. The highest BCUT2D eigenvalue weighted by Gasteiger charge is 2.43. The highest BCUT2D eigenvalue weighted by molar-refractivity contribution is 5.94. The van der Waals surface area contributed by atoms with Gasteiger partial charge in [0.25, 0.3) is 5.91 Å². The monoisotopic (exact) mass is 478 g/mol. The summed E-state index contributed by atoms with van der Waals surface area (Å²) in [5.74, 6) is 0.937. The lowest BCUT2D eigenvalue weighted by Gasteiger charge is -2.18. The summed E-state index contributed by atoms with van der Waals surface area (Å²) >= 11 is 0. The maximum absolute atomic E-state index is 13.1. The molecule has 0 saturated carbocycles. The molecule has 36 heavy (non-hydrogen) atoms. The van der Waals surface area contributed by atoms with Crippen LogP contribution in [-0.2, 0) is 11.3 Å². The largest absolute Gasteiger partial charge is 0.481 e. The first kappa shape index (κ1) is 22.2. The molecule has 0 fully saturated rings. The fraction of sp³-hybridized carbons (Fsp3) is 0.207. The number of methoxy groups -OCH3 is 1. The van der Waals surface area contributed by atoms with Crippen LogP contribution < -0.4 is 15.8 Å². The summed E-state index contributed by atoms with van der Waals surface area (Å²) in [4.78, 5) is 21.7. The number of hydrogen-bond donors (Lipinski definition) is 2. The van der Waals surface area contributed by atoms with E-state index < -0.39 is 0 Å². The summed E-state index contributed by atoms with van der Waals surface area (Å²) in [6, 6.07) is 17.9. The number of fused-ring (bicyclic) bond motifs is 8. The Morgan fingerprint density at radius 2 is 1.78 bits per heavy atom. The molecule has 1 amide bonds. The van der Waals surface area contributed by atoms with Gasteiger partial charge in [-0.25, -0.2) is 9.97 Å². The third-order valence-electron chi connectivity index (χ3n) is 7.11. The van der Waals surface area contributed by atoms with Gasteiger partial charge in [0.2, 0.25) is 5.88 Å². The predicted octanol–water partition coefficient (Wildman–Crippen LogP) is 4.80. The van der Waals surface area contributed by atoms with Crippen LogP contribution >= 0.6 is 0 Å². The van der Waals surface area contributed by atoms with Crippen LogP contribution in [0.4, 0.5) is 5.82 Å². The Kier molecular flexibility index (Phi) is 5.23. The van der Waals surface area contributed by atoms with E-state index in [4.69, 9.17) is 15.2 Å². The minimum Gasteiger partial charge on any atom is -0.481 e. The van der Waals surface area contributed by atoms with Crippen LogP contribution in [0, 0.1) is 13.8 Å². The summed E-state index contributed by atoms with van der Waals surface area (Å²) in [6.45, 7) is 4.27. The van der Waals surface area contributed by atoms with Gasteiger partial charge in [-0.2, -0.15) is 0 Å². The molecule has 2 aromatic carbocycles. The van der Waals surface area contributed by atoms with Gasteiger partial charge in [-0.3, -0.25) is 4.79 Å². The molecule has 0 radical (unpaired) electrons.